The van der Waals surface area contributed by atoms with Crippen LogP contribution in [0.25, 0.3) is 10.9 Å². The first-order valence-electron chi connectivity index (χ1n) is 11.0. The Morgan fingerprint density at radius 2 is 1.97 bits per heavy atom. The van der Waals surface area contributed by atoms with E-state index in [4.69, 9.17) is 0 Å². The third kappa shape index (κ3) is 4.35. The normalized spacial score (nSPS) is 18.1. The standard InChI is InChI=1S/C22H26N8O2/c31-20-18-17(7-9-24-20)28-21(26-16-6-8-23-13-16)29-19(18)25-14-4-3-5-15(12-14)27-22(32)30-10-1-2-11-30/h3-5,7,9,12,16,23H,1-2,6,8,10-11,13H2,(H,24,31)(H,27,32)(H2,25,26,28,29). The van der Waals surface area contributed by atoms with Gasteiger partial charge in [0.2, 0.25) is 5.95 Å². The Bertz CT molecular complexity index is 1180. The number of rotatable bonds is 5. The Labute approximate surface area is 184 Å². The molecule has 0 bridgehead atoms. The van der Waals surface area contributed by atoms with Crippen LogP contribution in [0.3, 0.4) is 0 Å². The molecule has 5 N–H and O–H groups in total. The zero-order chi connectivity index (χ0) is 21.9. The first kappa shape index (κ1) is 20.3. The van der Waals surface area contributed by atoms with E-state index in [9.17, 15) is 9.59 Å². The van der Waals surface area contributed by atoms with Crippen molar-refractivity contribution < 1.29 is 4.79 Å². The number of carbonyl (C=O) groups is 1. The molecule has 32 heavy (non-hydrogen) atoms. The SMILES string of the molecule is O=C(Nc1cccc(Nc2nc(NC3CCNC3)nc3cc[nH]c(=O)c23)c1)N1CCCC1. The number of aromatic amines is 1. The minimum atomic E-state index is -0.266. The molecule has 2 amide bonds. The number of anilines is 4. The van der Waals surface area contributed by atoms with Crippen molar-refractivity contribution in [3.8, 4) is 0 Å². The molecular weight excluding hydrogens is 408 g/mol. The second-order valence-electron chi connectivity index (χ2n) is 8.13. The predicted octanol–water partition coefficient (Wildman–Crippen LogP) is 2.46. The largest absolute Gasteiger partial charge is 0.350 e. The number of benzene rings is 1. The summed E-state index contributed by atoms with van der Waals surface area (Å²) in [5.41, 5.74) is 1.67. The van der Waals surface area contributed by atoms with Crippen molar-refractivity contribution in [2.24, 2.45) is 0 Å². The summed E-state index contributed by atoms with van der Waals surface area (Å²) in [6, 6.07) is 9.28. The van der Waals surface area contributed by atoms with Crippen molar-refractivity contribution in [3.05, 3.63) is 46.9 Å². The highest BCUT2D eigenvalue weighted by molar-refractivity contribution is 5.92. The minimum absolute atomic E-state index is 0.0970. The number of nitrogens with zero attached hydrogens (tertiary/aromatic N) is 3. The van der Waals surface area contributed by atoms with Gasteiger partial charge in [-0.3, -0.25) is 4.79 Å². The van der Waals surface area contributed by atoms with E-state index in [0.29, 0.717) is 34.0 Å². The Morgan fingerprint density at radius 1 is 1.12 bits per heavy atom. The van der Waals surface area contributed by atoms with Crippen molar-refractivity contribution in [2.75, 3.05) is 42.1 Å². The van der Waals surface area contributed by atoms with Crippen LogP contribution in [0.15, 0.2) is 41.3 Å². The van der Waals surface area contributed by atoms with E-state index < -0.39 is 0 Å². The predicted molar refractivity (Wildman–Crippen MR) is 125 cm³/mol. The van der Waals surface area contributed by atoms with Crippen LogP contribution in [-0.4, -0.2) is 58.1 Å². The molecule has 2 fully saturated rings. The number of hydrogen-bond donors (Lipinski definition) is 5. The number of fused-ring (bicyclic) bond motifs is 1. The summed E-state index contributed by atoms with van der Waals surface area (Å²) >= 11 is 0. The van der Waals surface area contributed by atoms with Gasteiger partial charge in [-0.25, -0.2) is 9.78 Å². The molecule has 1 unspecified atom stereocenters. The molecule has 166 valence electrons. The van der Waals surface area contributed by atoms with Gasteiger partial charge < -0.3 is 31.2 Å². The second kappa shape index (κ2) is 8.83. The molecule has 4 heterocycles. The van der Waals surface area contributed by atoms with E-state index in [0.717, 1.165) is 45.4 Å². The lowest BCUT2D eigenvalue weighted by Gasteiger charge is -2.17. The molecule has 0 aliphatic carbocycles. The third-order valence-corrected chi connectivity index (χ3v) is 5.78. The molecule has 3 aromatic rings. The Morgan fingerprint density at radius 3 is 2.78 bits per heavy atom. The highest BCUT2D eigenvalue weighted by Gasteiger charge is 2.19. The topological polar surface area (TPSA) is 127 Å². The molecule has 2 aliphatic rings. The van der Waals surface area contributed by atoms with Gasteiger partial charge in [0.15, 0.2) is 0 Å². The number of pyridine rings is 1. The van der Waals surface area contributed by atoms with Crippen molar-refractivity contribution in [2.45, 2.75) is 25.3 Å². The number of carbonyl (C=O) groups excluding carboxylic acids is 1. The van der Waals surface area contributed by atoms with Gasteiger partial charge in [0, 0.05) is 43.2 Å². The van der Waals surface area contributed by atoms with Crippen molar-refractivity contribution in [1.29, 1.82) is 0 Å². The van der Waals surface area contributed by atoms with Gasteiger partial charge in [-0.1, -0.05) is 6.07 Å². The van der Waals surface area contributed by atoms with Crippen LogP contribution in [0.5, 0.6) is 0 Å². The third-order valence-electron chi connectivity index (χ3n) is 5.78. The van der Waals surface area contributed by atoms with Gasteiger partial charge in [-0.2, -0.15) is 4.98 Å². The van der Waals surface area contributed by atoms with Crippen molar-refractivity contribution in [1.82, 2.24) is 25.2 Å². The maximum Gasteiger partial charge on any atom is 0.321 e. The smallest absolute Gasteiger partial charge is 0.321 e. The van der Waals surface area contributed by atoms with E-state index in [1.807, 2.05) is 29.2 Å². The van der Waals surface area contributed by atoms with Crippen LogP contribution >= 0.6 is 0 Å². The van der Waals surface area contributed by atoms with Gasteiger partial charge in [0.05, 0.1) is 5.52 Å². The Hall–Kier alpha value is -3.66. The lowest BCUT2D eigenvalue weighted by molar-refractivity contribution is 0.222. The number of nitrogens with one attached hydrogen (secondary N) is 5. The van der Waals surface area contributed by atoms with Gasteiger partial charge in [0.25, 0.3) is 5.56 Å². The maximum atomic E-state index is 12.5. The summed E-state index contributed by atoms with van der Waals surface area (Å²) in [6.45, 7) is 3.36. The fraction of sp³-hybridized carbons (Fsp3) is 0.364. The number of urea groups is 1. The van der Waals surface area contributed by atoms with Gasteiger partial charge in [-0.05, 0) is 50.1 Å². The highest BCUT2D eigenvalue weighted by Crippen LogP contribution is 2.25. The molecular formula is C22H26N8O2. The molecule has 1 atom stereocenters. The Kier molecular flexibility index (Phi) is 5.59. The van der Waals surface area contributed by atoms with Crippen LogP contribution in [-0.2, 0) is 0 Å². The van der Waals surface area contributed by atoms with E-state index in [-0.39, 0.29) is 17.6 Å². The van der Waals surface area contributed by atoms with Gasteiger partial charge in [-0.15, -0.1) is 0 Å². The van der Waals surface area contributed by atoms with Gasteiger partial charge >= 0.3 is 6.03 Å². The molecule has 2 aliphatic heterocycles. The van der Waals surface area contributed by atoms with Crippen LogP contribution < -0.4 is 26.8 Å². The summed E-state index contributed by atoms with van der Waals surface area (Å²) in [5, 5.41) is 13.2. The summed E-state index contributed by atoms with van der Waals surface area (Å²) in [6.07, 6.45) is 4.64. The molecule has 0 spiro atoms. The first-order chi connectivity index (χ1) is 15.7. The molecule has 0 radical (unpaired) electrons. The molecule has 0 saturated carbocycles. The average Bonchev–Trinajstić information content (AvgIpc) is 3.48. The molecule has 10 nitrogen and oxygen atoms in total. The molecule has 5 rings (SSSR count). The quantitative estimate of drug-likeness (QED) is 0.417. The zero-order valence-electron chi connectivity index (χ0n) is 17.6. The monoisotopic (exact) mass is 434 g/mol. The number of hydrogen-bond acceptors (Lipinski definition) is 7. The minimum Gasteiger partial charge on any atom is -0.350 e. The summed E-state index contributed by atoms with van der Waals surface area (Å²) in [7, 11) is 0. The molecule has 10 heteroatoms. The van der Waals surface area contributed by atoms with Crippen LogP contribution in [0, 0.1) is 0 Å². The van der Waals surface area contributed by atoms with Crippen molar-refractivity contribution >= 4 is 40.1 Å². The van der Waals surface area contributed by atoms with Crippen LogP contribution in [0.1, 0.15) is 19.3 Å². The second-order valence-corrected chi connectivity index (χ2v) is 8.13. The van der Waals surface area contributed by atoms with E-state index >= 15 is 0 Å². The van der Waals surface area contributed by atoms with E-state index in [1.54, 1.807) is 12.3 Å². The fourth-order valence-electron chi connectivity index (χ4n) is 4.14. The van der Waals surface area contributed by atoms with Crippen LogP contribution in [0.2, 0.25) is 0 Å². The van der Waals surface area contributed by atoms with E-state index in [2.05, 4.69) is 36.2 Å². The number of aromatic nitrogens is 3. The summed E-state index contributed by atoms with van der Waals surface area (Å²) < 4.78 is 0. The number of likely N-dealkylation sites (tertiary alicyclic amines) is 1. The molecule has 2 aromatic heterocycles. The maximum absolute atomic E-state index is 12.5. The lowest BCUT2D eigenvalue weighted by Crippen LogP contribution is -2.32. The Balaban J connectivity index is 1.42. The number of amides is 2. The molecule has 1 aromatic carbocycles. The zero-order valence-corrected chi connectivity index (χ0v) is 17.6. The highest BCUT2D eigenvalue weighted by atomic mass is 16.2. The first-order valence-corrected chi connectivity index (χ1v) is 11.0. The summed E-state index contributed by atoms with van der Waals surface area (Å²) in [5.74, 6) is 0.881. The lowest BCUT2D eigenvalue weighted by atomic mass is 10.2. The molecule has 2 saturated heterocycles. The summed E-state index contributed by atoms with van der Waals surface area (Å²) in [4.78, 5) is 38.6. The van der Waals surface area contributed by atoms with E-state index in [1.165, 1.54) is 0 Å². The van der Waals surface area contributed by atoms with Gasteiger partial charge in [0.1, 0.15) is 11.2 Å². The van der Waals surface area contributed by atoms with Crippen LogP contribution in [0.4, 0.5) is 27.9 Å². The average molecular weight is 435 g/mol. The number of H-pyrrole nitrogens is 1. The van der Waals surface area contributed by atoms with Crippen molar-refractivity contribution in [3.63, 3.8) is 0 Å². The fourth-order valence-corrected chi connectivity index (χ4v) is 4.14.